The van der Waals surface area contributed by atoms with E-state index in [2.05, 4.69) is 193 Å². The van der Waals surface area contributed by atoms with Crippen molar-refractivity contribution >= 4 is 71.7 Å². The second kappa shape index (κ2) is 12.6. The molecule has 0 aliphatic rings. The van der Waals surface area contributed by atoms with Gasteiger partial charge in [-0.05, 0) is 93.9 Å². The Hall–Kier alpha value is -7.36. The highest BCUT2D eigenvalue weighted by Crippen LogP contribution is 2.48. The van der Waals surface area contributed by atoms with E-state index in [-0.39, 0.29) is 0 Å². The van der Waals surface area contributed by atoms with Crippen molar-refractivity contribution in [3.8, 4) is 33.4 Å². The summed E-state index contributed by atoms with van der Waals surface area (Å²) in [7, 11) is 0. The van der Waals surface area contributed by atoms with Crippen LogP contribution in [-0.2, 0) is 0 Å². The molecule has 0 bridgehead atoms. The van der Waals surface area contributed by atoms with Crippen LogP contribution in [0, 0.1) is 0 Å². The van der Waals surface area contributed by atoms with Crippen molar-refractivity contribution in [1.82, 2.24) is 0 Å². The molecule has 0 saturated carbocycles. The maximum atomic E-state index is 6.77. The van der Waals surface area contributed by atoms with E-state index in [1.54, 1.807) is 0 Å². The molecule has 11 aromatic rings. The zero-order valence-corrected chi connectivity index (χ0v) is 29.8. The first-order valence-corrected chi connectivity index (χ1v) is 18.7. The molecule has 3 heteroatoms. The van der Waals surface area contributed by atoms with Crippen LogP contribution in [0.4, 0.5) is 17.1 Å². The minimum Gasteiger partial charge on any atom is -0.456 e. The lowest BCUT2D eigenvalue weighted by Gasteiger charge is -2.29. The third-order valence-corrected chi connectivity index (χ3v) is 10.8. The van der Waals surface area contributed by atoms with Gasteiger partial charge in [0.25, 0.3) is 0 Å². The fourth-order valence-corrected chi connectivity index (χ4v) is 8.27. The number of nitrogens with zero attached hydrogens (tertiary/aromatic N) is 1. The van der Waals surface area contributed by atoms with Crippen LogP contribution >= 0.6 is 0 Å². The number of benzene rings is 9. The van der Waals surface area contributed by atoms with E-state index >= 15 is 0 Å². The molecule has 0 spiro atoms. The van der Waals surface area contributed by atoms with Gasteiger partial charge in [-0.3, -0.25) is 0 Å². The van der Waals surface area contributed by atoms with Gasteiger partial charge in [-0.2, -0.15) is 0 Å². The quantitative estimate of drug-likeness (QED) is 0.173. The minimum atomic E-state index is 0.847. The van der Waals surface area contributed by atoms with Gasteiger partial charge in [0, 0.05) is 32.8 Å². The predicted molar refractivity (Wildman–Crippen MR) is 229 cm³/mol. The molecular weight excluding hydrogens is 671 g/mol. The van der Waals surface area contributed by atoms with Crippen LogP contribution in [0.2, 0.25) is 0 Å². The van der Waals surface area contributed by atoms with E-state index < -0.39 is 0 Å². The first kappa shape index (κ1) is 31.2. The summed E-state index contributed by atoms with van der Waals surface area (Å²) in [6.07, 6.45) is 0. The zero-order valence-electron chi connectivity index (χ0n) is 29.8. The summed E-state index contributed by atoms with van der Waals surface area (Å²) in [5.74, 6) is 0. The summed E-state index contributed by atoms with van der Waals surface area (Å²) in [5, 5.41) is 6.62. The number of para-hydroxylation sites is 2. The Balaban J connectivity index is 1.22. The van der Waals surface area contributed by atoms with E-state index in [1.807, 2.05) is 12.1 Å². The van der Waals surface area contributed by atoms with Crippen LogP contribution in [0.1, 0.15) is 0 Å². The van der Waals surface area contributed by atoms with E-state index in [9.17, 15) is 0 Å². The molecule has 0 aliphatic carbocycles. The molecule has 9 aromatic carbocycles. The standard InChI is InChI=1S/C52H33NO2/c1-3-14-34(15-4-1)38-30-39(35-16-5-2-6-17-35)32-40(31-38)53(47-23-13-25-50-51(47)44-28-26-36-18-7-8-20-42(36)52(44)55-50)46-22-11-9-19-41(46)37-27-29-49-45(33-37)43-21-10-12-24-48(43)54-49/h1-33H. The van der Waals surface area contributed by atoms with Gasteiger partial charge in [-0.15, -0.1) is 0 Å². The van der Waals surface area contributed by atoms with Gasteiger partial charge in [0.2, 0.25) is 0 Å². The van der Waals surface area contributed by atoms with Gasteiger partial charge in [-0.1, -0.05) is 140 Å². The maximum Gasteiger partial charge on any atom is 0.143 e. The maximum absolute atomic E-state index is 6.77. The average molecular weight is 704 g/mol. The highest BCUT2D eigenvalue weighted by atomic mass is 16.3. The summed E-state index contributed by atoms with van der Waals surface area (Å²) in [4.78, 5) is 2.43. The van der Waals surface area contributed by atoms with Crippen LogP contribution < -0.4 is 4.90 Å². The molecule has 0 saturated heterocycles. The molecule has 0 amide bonds. The molecule has 3 nitrogen and oxygen atoms in total. The third kappa shape index (κ3) is 5.20. The smallest absolute Gasteiger partial charge is 0.143 e. The molecule has 0 unspecified atom stereocenters. The van der Waals surface area contributed by atoms with E-state index in [4.69, 9.17) is 8.83 Å². The van der Waals surface area contributed by atoms with Gasteiger partial charge in [0.1, 0.15) is 22.3 Å². The Labute approximate surface area is 317 Å². The van der Waals surface area contributed by atoms with Crippen LogP contribution in [0.25, 0.3) is 88.0 Å². The second-order valence-electron chi connectivity index (χ2n) is 14.1. The van der Waals surface area contributed by atoms with Crippen molar-refractivity contribution in [2.45, 2.75) is 0 Å². The molecule has 11 rings (SSSR count). The van der Waals surface area contributed by atoms with Crippen molar-refractivity contribution in [3.63, 3.8) is 0 Å². The molecule has 2 aromatic heterocycles. The summed E-state index contributed by atoms with van der Waals surface area (Å²) >= 11 is 0. The van der Waals surface area contributed by atoms with Crippen molar-refractivity contribution in [3.05, 3.63) is 200 Å². The molecule has 0 fully saturated rings. The molecule has 55 heavy (non-hydrogen) atoms. The predicted octanol–water partition coefficient (Wildman–Crippen LogP) is 15.1. The Morgan fingerprint density at radius 3 is 1.76 bits per heavy atom. The second-order valence-corrected chi connectivity index (χ2v) is 14.1. The van der Waals surface area contributed by atoms with Crippen molar-refractivity contribution in [2.24, 2.45) is 0 Å². The Kier molecular flexibility index (Phi) is 7.17. The van der Waals surface area contributed by atoms with Gasteiger partial charge < -0.3 is 13.7 Å². The molecule has 0 atom stereocenters. The van der Waals surface area contributed by atoms with Gasteiger partial charge in [0.05, 0.1) is 16.8 Å². The van der Waals surface area contributed by atoms with Crippen LogP contribution in [0.15, 0.2) is 209 Å². The Morgan fingerprint density at radius 1 is 0.327 bits per heavy atom. The number of hydrogen-bond donors (Lipinski definition) is 0. The number of rotatable bonds is 6. The van der Waals surface area contributed by atoms with Gasteiger partial charge in [0.15, 0.2) is 0 Å². The van der Waals surface area contributed by atoms with Crippen LogP contribution in [-0.4, -0.2) is 0 Å². The Morgan fingerprint density at radius 2 is 0.964 bits per heavy atom. The summed E-state index contributed by atoms with van der Waals surface area (Å²) in [6, 6.07) is 71.1. The number of fused-ring (bicyclic) bond motifs is 8. The van der Waals surface area contributed by atoms with E-state index in [0.717, 1.165) is 105 Å². The fourth-order valence-electron chi connectivity index (χ4n) is 8.27. The van der Waals surface area contributed by atoms with Crippen molar-refractivity contribution < 1.29 is 8.83 Å². The summed E-state index contributed by atoms with van der Waals surface area (Å²) in [5.41, 5.74) is 13.5. The van der Waals surface area contributed by atoms with Crippen molar-refractivity contribution in [2.75, 3.05) is 4.90 Å². The van der Waals surface area contributed by atoms with E-state index in [1.165, 1.54) is 0 Å². The van der Waals surface area contributed by atoms with Crippen molar-refractivity contribution in [1.29, 1.82) is 0 Å². The molecule has 0 N–H and O–H groups in total. The lowest BCUT2D eigenvalue weighted by molar-refractivity contribution is 0.669. The highest BCUT2D eigenvalue weighted by molar-refractivity contribution is 6.20. The Bertz CT molecular complexity index is 3150. The molecular formula is C52H33NO2. The van der Waals surface area contributed by atoms with E-state index in [0.29, 0.717) is 0 Å². The van der Waals surface area contributed by atoms with Gasteiger partial charge >= 0.3 is 0 Å². The molecule has 0 radical (unpaired) electrons. The number of anilines is 3. The lowest BCUT2D eigenvalue weighted by atomic mass is 9.95. The summed E-state index contributed by atoms with van der Waals surface area (Å²) in [6.45, 7) is 0. The molecule has 0 aliphatic heterocycles. The minimum absolute atomic E-state index is 0.847. The summed E-state index contributed by atoms with van der Waals surface area (Å²) < 4.78 is 13.0. The van der Waals surface area contributed by atoms with Gasteiger partial charge in [-0.25, -0.2) is 0 Å². The molecule has 258 valence electrons. The highest BCUT2D eigenvalue weighted by Gasteiger charge is 2.24. The zero-order chi connectivity index (χ0) is 36.3. The third-order valence-electron chi connectivity index (χ3n) is 10.8. The van der Waals surface area contributed by atoms with Crippen LogP contribution in [0.5, 0.6) is 0 Å². The topological polar surface area (TPSA) is 29.5 Å². The fraction of sp³-hybridized carbons (Fsp3) is 0. The first-order valence-electron chi connectivity index (χ1n) is 18.7. The molecule has 2 heterocycles. The van der Waals surface area contributed by atoms with Crippen LogP contribution in [0.3, 0.4) is 0 Å². The normalized spacial score (nSPS) is 11.6. The first-order chi connectivity index (χ1) is 27.3. The monoisotopic (exact) mass is 703 g/mol. The number of furan rings is 2. The average Bonchev–Trinajstić information content (AvgIpc) is 3.83. The largest absolute Gasteiger partial charge is 0.456 e. The lowest BCUT2D eigenvalue weighted by Crippen LogP contribution is -2.12. The number of hydrogen-bond acceptors (Lipinski definition) is 3. The SMILES string of the molecule is c1ccc(-c2cc(-c3ccccc3)cc(N(c3ccccc3-c3ccc4oc5ccccc5c4c3)c3cccc4oc5c6ccccc6ccc5c34)c2)cc1.